The van der Waals surface area contributed by atoms with Gasteiger partial charge in [-0.2, -0.15) is 0 Å². The van der Waals surface area contributed by atoms with E-state index in [0.29, 0.717) is 18.8 Å². The lowest BCUT2D eigenvalue weighted by Gasteiger charge is -2.17. The lowest BCUT2D eigenvalue weighted by molar-refractivity contribution is -0.129. The van der Waals surface area contributed by atoms with Gasteiger partial charge in [0.15, 0.2) is 0 Å². The van der Waals surface area contributed by atoms with Gasteiger partial charge in [-0.15, -0.1) is 22.9 Å². The highest BCUT2D eigenvalue weighted by Crippen LogP contribution is 2.18. The van der Waals surface area contributed by atoms with Gasteiger partial charge in [0, 0.05) is 23.4 Å². The number of alkyl halides is 1. The van der Waals surface area contributed by atoms with E-state index in [9.17, 15) is 4.79 Å². The summed E-state index contributed by atoms with van der Waals surface area (Å²) in [6.45, 7) is 0.577. The molecule has 106 valence electrons. The summed E-state index contributed by atoms with van der Waals surface area (Å²) in [4.78, 5) is 18.2. The Kier molecular flexibility index (Phi) is 5.57. The van der Waals surface area contributed by atoms with Crippen LogP contribution in [-0.2, 0) is 23.6 Å². The van der Waals surface area contributed by atoms with Gasteiger partial charge in [-0.1, -0.05) is 34.1 Å². The largest absolute Gasteiger partial charge is 0.341 e. The molecule has 3 nitrogen and oxygen atoms in total. The second kappa shape index (κ2) is 7.20. The molecule has 0 unspecified atom stereocenters. The van der Waals surface area contributed by atoms with E-state index in [-0.39, 0.29) is 5.91 Å². The minimum Gasteiger partial charge on any atom is -0.341 e. The zero-order chi connectivity index (χ0) is 14.5. The third-order valence-corrected chi connectivity index (χ3v) is 4.77. The van der Waals surface area contributed by atoms with Gasteiger partial charge in [0.25, 0.3) is 0 Å². The molecule has 2 aromatic rings. The van der Waals surface area contributed by atoms with Crippen LogP contribution in [0.1, 0.15) is 16.3 Å². The molecule has 0 spiro atoms. The van der Waals surface area contributed by atoms with E-state index in [1.165, 1.54) is 11.3 Å². The Balaban J connectivity index is 1.97. The molecule has 0 aliphatic rings. The maximum atomic E-state index is 12.2. The molecule has 0 atom stereocenters. The summed E-state index contributed by atoms with van der Waals surface area (Å²) >= 11 is 10.7. The number of hydrogen-bond donors (Lipinski definition) is 0. The molecule has 0 saturated carbocycles. The quantitative estimate of drug-likeness (QED) is 0.746. The molecule has 1 amide bonds. The fourth-order valence-electron chi connectivity index (χ4n) is 1.73. The first-order valence-electron chi connectivity index (χ1n) is 6.06. The summed E-state index contributed by atoms with van der Waals surface area (Å²) in [5.74, 6) is 0.438. The molecule has 0 radical (unpaired) electrons. The molecule has 1 aromatic carbocycles. The van der Waals surface area contributed by atoms with Crippen LogP contribution in [0.25, 0.3) is 0 Å². The van der Waals surface area contributed by atoms with Crippen LogP contribution in [0.2, 0.25) is 0 Å². The molecule has 0 aliphatic carbocycles. The number of thiazole rings is 1. The number of halogens is 2. The fraction of sp³-hybridized carbons (Fsp3) is 0.286. The van der Waals surface area contributed by atoms with Crippen molar-refractivity contribution in [2.45, 2.75) is 18.8 Å². The highest BCUT2D eigenvalue weighted by molar-refractivity contribution is 9.10. The van der Waals surface area contributed by atoms with Crippen molar-refractivity contribution >= 4 is 44.8 Å². The molecule has 0 aliphatic heterocycles. The lowest BCUT2D eigenvalue weighted by Crippen LogP contribution is -2.27. The number of nitrogens with zero attached hydrogens (tertiary/aromatic N) is 2. The normalized spacial score (nSPS) is 10.6. The zero-order valence-corrected chi connectivity index (χ0v) is 14.1. The minimum absolute atomic E-state index is 0.0521. The third kappa shape index (κ3) is 4.04. The van der Waals surface area contributed by atoms with Crippen molar-refractivity contribution in [3.05, 3.63) is 50.4 Å². The average molecular weight is 374 g/mol. The molecular formula is C14H14BrClN2OS. The monoisotopic (exact) mass is 372 g/mol. The first-order chi connectivity index (χ1) is 9.60. The molecule has 20 heavy (non-hydrogen) atoms. The maximum Gasteiger partial charge on any atom is 0.229 e. The van der Waals surface area contributed by atoms with Gasteiger partial charge in [0.05, 0.1) is 18.0 Å². The number of aromatic nitrogens is 1. The van der Waals surface area contributed by atoms with Gasteiger partial charge in [0.2, 0.25) is 5.91 Å². The van der Waals surface area contributed by atoms with Crippen molar-refractivity contribution < 1.29 is 4.79 Å². The Bertz CT molecular complexity index is 602. The topological polar surface area (TPSA) is 33.2 Å². The summed E-state index contributed by atoms with van der Waals surface area (Å²) in [6.07, 6.45) is 0.322. The van der Waals surface area contributed by atoms with Crippen LogP contribution in [0.5, 0.6) is 0 Å². The van der Waals surface area contributed by atoms with Crippen molar-refractivity contribution in [2.75, 3.05) is 7.05 Å². The summed E-state index contributed by atoms with van der Waals surface area (Å²) in [6, 6.07) is 7.90. The lowest BCUT2D eigenvalue weighted by atomic mass is 10.2. The Morgan fingerprint density at radius 1 is 1.45 bits per heavy atom. The van der Waals surface area contributed by atoms with Crippen molar-refractivity contribution in [3.8, 4) is 0 Å². The summed E-state index contributed by atoms with van der Waals surface area (Å²) in [5.41, 5.74) is 1.91. The van der Waals surface area contributed by atoms with Crippen LogP contribution in [0.4, 0.5) is 0 Å². The number of benzene rings is 1. The Hall–Kier alpha value is -0.910. The highest BCUT2D eigenvalue weighted by Gasteiger charge is 2.13. The van der Waals surface area contributed by atoms with Gasteiger partial charge >= 0.3 is 0 Å². The average Bonchev–Trinajstić information content (AvgIpc) is 2.89. The van der Waals surface area contributed by atoms with Crippen molar-refractivity contribution in [3.63, 3.8) is 0 Å². The maximum absolute atomic E-state index is 12.2. The highest BCUT2D eigenvalue weighted by atomic mass is 79.9. The smallest absolute Gasteiger partial charge is 0.229 e. The molecule has 0 fully saturated rings. The second-order valence-electron chi connectivity index (χ2n) is 4.38. The predicted molar refractivity (Wildman–Crippen MR) is 86.0 cm³/mol. The number of carbonyl (C=O) groups is 1. The molecule has 0 bridgehead atoms. The summed E-state index contributed by atoms with van der Waals surface area (Å²) in [7, 11) is 1.80. The van der Waals surface area contributed by atoms with Crippen LogP contribution in [0, 0.1) is 0 Å². The van der Waals surface area contributed by atoms with Crippen molar-refractivity contribution in [2.24, 2.45) is 0 Å². The van der Waals surface area contributed by atoms with Crippen LogP contribution in [0.15, 0.2) is 34.1 Å². The van der Waals surface area contributed by atoms with E-state index in [2.05, 4.69) is 20.9 Å². The van der Waals surface area contributed by atoms with E-state index in [0.717, 1.165) is 20.7 Å². The van der Waals surface area contributed by atoms with E-state index in [1.807, 2.05) is 29.6 Å². The van der Waals surface area contributed by atoms with Crippen LogP contribution >= 0.6 is 38.9 Å². The fourth-order valence-corrected chi connectivity index (χ4v) is 3.15. The Morgan fingerprint density at radius 3 is 2.85 bits per heavy atom. The SMILES string of the molecule is CN(Cc1ccccc1Br)C(=O)Cc1nc(CCl)cs1. The number of likely N-dealkylation sites (N-methyl/N-ethyl adjacent to an activating group) is 1. The molecule has 0 N–H and O–H groups in total. The molecule has 2 rings (SSSR count). The predicted octanol–water partition coefficient (Wildman–Crippen LogP) is 3.85. The van der Waals surface area contributed by atoms with E-state index < -0.39 is 0 Å². The number of amides is 1. The first-order valence-corrected chi connectivity index (χ1v) is 8.27. The number of carbonyl (C=O) groups excluding carboxylic acids is 1. The third-order valence-electron chi connectivity index (χ3n) is 2.83. The molecule has 0 saturated heterocycles. The van der Waals surface area contributed by atoms with Gasteiger partial charge in [-0.25, -0.2) is 4.98 Å². The zero-order valence-electron chi connectivity index (χ0n) is 11.0. The van der Waals surface area contributed by atoms with E-state index in [4.69, 9.17) is 11.6 Å². The first kappa shape index (κ1) is 15.5. The standard InChI is InChI=1S/C14H14BrClN2OS/c1-18(8-10-4-2-3-5-12(10)15)14(19)6-13-17-11(7-16)9-20-13/h2-5,9H,6-8H2,1H3. The molecule has 6 heteroatoms. The van der Waals surface area contributed by atoms with Gasteiger partial charge < -0.3 is 4.90 Å². The van der Waals surface area contributed by atoms with Gasteiger partial charge in [0.1, 0.15) is 5.01 Å². The van der Waals surface area contributed by atoms with Gasteiger partial charge in [-0.3, -0.25) is 4.79 Å². The summed E-state index contributed by atoms with van der Waals surface area (Å²) in [5, 5.41) is 2.70. The Morgan fingerprint density at radius 2 is 2.20 bits per heavy atom. The van der Waals surface area contributed by atoms with Crippen LogP contribution in [0.3, 0.4) is 0 Å². The van der Waals surface area contributed by atoms with Crippen molar-refractivity contribution in [1.29, 1.82) is 0 Å². The van der Waals surface area contributed by atoms with Crippen molar-refractivity contribution in [1.82, 2.24) is 9.88 Å². The molecule has 1 heterocycles. The molecular weight excluding hydrogens is 360 g/mol. The van der Waals surface area contributed by atoms with E-state index in [1.54, 1.807) is 11.9 Å². The number of rotatable bonds is 5. The number of hydrogen-bond acceptors (Lipinski definition) is 3. The van der Waals surface area contributed by atoms with E-state index >= 15 is 0 Å². The van der Waals surface area contributed by atoms with Gasteiger partial charge in [-0.05, 0) is 11.6 Å². The van der Waals surface area contributed by atoms with Crippen LogP contribution in [-0.4, -0.2) is 22.8 Å². The molecule has 1 aromatic heterocycles. The second-order valence-corrected chi connectivity index (χ2v) is 6.45. The summed E-state index contributed by atoms with van der Waals surface area (Å²) < 4.78 is 1.01. The Labute approximate surface area is 135 Å². The minimum atomic E-state index is 0.0521. The van der Waals surface area contributed by atoms with Crippen LogP contribution < -0.4 is 0 Å².